The molecule has 2 saturated carbocycles. The molecule has 1 atom stereocenters. The van der Waals surface area contributed by atoms with Gasteiger partial charge in [0.15, 0.2) is 0 Å². The average molecular weight is 139 g/mol. The third-order valence-electron chi connectivity index (χ3n) is 3.44. The van der Waals surface area contributed by atoms with Crippen LogP contribution in [0.2, 0.25) is 0 Å². The van der Waals surface area contributed by atoms with E-state index in [4.69, 9.17) is 5.73 Å². The van der Waals surface area contributed by atoms with E-state index in [1.165, 1.54) is 32.1 Å². The molecule has 0 heterocycles. The topological polar surface area (TPSA) is 26.0 Å². The predicted molar refractivity (Wildman–Crippen MR) is 42.7 cm³/mol. The molecule has 2 fully saturated rings. The Morgan fingerprint density at radius 3 is 1.90 bits per heavy atom. The van der Waals surface area contributed by atoms with Crippen LogP contribution in [0.3, 0.4) is 0 Å². The van der Waals surface area contributed by atoms with Gasteiger partial charge in [0.2, 0.25) is 0 Å². The molecule has 58 valence electrons. The molecule has 0 aromatic heterocycles. The maximum atomic E-state index is 6.23. The van der Waals surface area contributed by atoms with Gasteiger partial charge in [-0.25, -0.2) is 0 Å². The summed E-state index contributed by atoms with van der Waals surface area (Å²) in [6.45, 7) is 2.26. The molecule has 0 radical (unpaired) electrons. The first-order chi connectivity index (χ1) is 4.71. The van der Waals surface area contributed by atoms with Gasteiger partial charge < -0.3 is 5.73 Å². The minimum absolute atomic E-state index is 0.207. The molecule has 10 heavy (non-hydrogen) atoms. The standard InChI is InChI=1S/C9H17N/c1-9(10,8-5-6-8)7-3-2-4-7/h7-8H,2-6,10H2,1H3. The zero-order valence-electron chi connectivity index (χ0n) is 6.77. The van der Waals surface area contributed by atoms with E-state index in [1.807, 2.05) is 0 Å². The van der Waals surface area contributed by atoms with Crippen LogP contribution in [-0.2, 0) is 0 Å². The van der Waals surface area contributed by atoms with Crippen LogP contribution in [0.5, 0.6) is 0 Å². The van der Waals surface area contributed by atoms with E-state index in [-0.39, 0.29) is 5.54 Å². The second-order valence-corrected chi connectivity index (χ2v) is 4.27. The Morgan fingerprint density at radius 2 is 1.60 bits per heavy atom. The summed E-state index contributed by atoms with van der Waals surface area (Å²) < 4.78 is 0. The van der Waals surface area contributed by atoms with Crippen molar-refractivity contribution in [2.75, 3.05) is 0 Å². The molecule has 1 nitrogen and oxygen atoms in total. The van der Waals surface area contributed by atoms with E-state index < -0.39 is 0 Å². The van der Waals surface area contributed by atoms with Crippen molar-refractivity contribution in [2.24, 2.45) is 17.6 Å². The predicted octanol–water partition coefficient (Wildman–Crippen LogP) is 1.91. The van der Waals surface area contributed by atoms with Crippen LogP contribution in [0.15, 0.2) is 0 Å². The van der Waals surface area contributed by atoms with E-state index in [0.717, 1.165) is 11.8 Å². The highest BCUT2D eigenvalue weighted by atomic mass is 14.8. The second-order valence-electron chi connectivity index (χ2n) is 4.27. The first kappa shape index (κ1) is 6.66. The number of nitrogens with two attached hydrogens (primary N) is 1. The van der Waals surface area contributed by atoms with Crippen molar-refractivity contribution >= 4 is 0 Å². The van der Waals surface area contributed by atoms with Crippen molar-refractivity contribution in [1.29, 1.82) is 0 Å². The fourth-order valence-electron chi connectivity index (χ4n) is 2.07. The molecule has 0 spiro atoms. The van der Waals surface area contributed by atoms with Gasteiger partial charge in [0.1, 0.15) is 0 Å². The minimum Gasteiger partial charge on any atom is -0.325 e. The lowest BCUT2D eigenvalue weighted by atomic mass is 9.70. The third-order valence-corrected chi connectivity index (χ3v) is 3.44. The Hall–Kier alpha value is -0.0400. The molecule has 2 aliphatic rings. The Bertz CT molecular complexity index is 132. The van der Waals surface area contributed by atoms with E-state index in [2.05, 4.69) is 6.92 Å². The van der Waals surface area contributed by atoms with Crippen molar-refractivity contribution in [1.82, 2.24) is 0 Å². The summed E-state index contributed by atoms with van der Waals surface area (Å²) in [6.07, 6.45) is 6.99. The van der Waals surface area contributed by atoms with Crippen molar-refractivity contribution < 1.29 is 0 Å². The van der Waals surface area contributed by atoms with Crippen LogP contribution in [-0.4, -0.2) is 5.54 Å². The fraction of sp³-hybridized carbons (Fsp3) is 1.00. The molecule has 0 aliphatic heterocycles. The Kier molecular flexibility index (Phi) is 1.31. The normalized spacial score (nSPS) is 33.0. The summed E-state index contributed by atoms with van der Waals surface area (Å²) in [4.78, 5) is 0. The van der Waals surface area contributed by atoms with Crippen molar-refractivity contribution in [3.05, 3.63) is 0 Å². The summed E-state index contributed by atoms with van der Waals surface area (Å²) >= 11 is 0. The summed E-state index contributed by atoms with van der Waals surface area (Å²) in [5.74, 6) is 1.73. The van der Waals surface area contributed by atoms with Gasteiger partial charge in [-0.1, -0.05) is 6.42 Å². The van der Waals surface area contributed by atoms with E-state index in [9.17, 15) is 0 Å². The SMILES string of the molecule is CC(N)(C1CCC1)C1CC1. The molecule has 1 unspecified atom stereocenters. The molecule has 2 rings (SSSR count). The van der Waals surface area contributed by atoms with Gasteiger partial charge >= 0.3 is 0 Å². The van der Waals surface area contributed by atoms with Crippen molar-refractivity contribution in [3.63, 3.8) is 0 Å². The zero-order valence-corrected chi connectivity index (χ0v) is 6.77. The summed E-state index contributed by atoms with van der Waals surface area (Å²) in [5, 5.41) is 0. The van der Waals surface area contributed by atoms with E-state index >= 15 is 0 Å². The molecule has 0 aromatic carbocycles. The monoisotopic (exact) mass is 139 g/mol. The fourth-order valence-corrected chi connectivity index (χ4v) is 2.07. The van der Waals surface area contributed by atoms with Gasteiger partial charge in [-0.05, 0) is 44.4 Å². The Morgan fingerprint density at radius 1 is 1.10 bits per heavy atom. The number of hydrogen-bond donors (Lipinski definition) is 1. The smallest absolute Gasteiger partial charge is 0.0182 e. The molecule has 0 aromatic rings. The molecule has 0 saturated heterocycles. The third kappa shape index (κ3) is 0.878. The molecule has 1 heteroatoms. The molecular formula is C9H17N. The highest BCUT2D eigenvalue weighted by molar-refractivity contribution is 5.01. The van der Waals surface area contributed by atoms with Crippen molar-refractivity contribution in [3.8, 4) is 0 Å². The largest absolute Gasteiger partial charge is 0.325 e. The van der Waals surface area contributed by atoms with E-state index in [1.54, 1.807) is 0 Å². The molecule has 0 bridgehead atoms. The number of rotatable bonds is 2. The first-order valence-corrected chi connectivity index (χ1v) is 4.50. The van der Waals surface area contributed by atoms with Crippen LogP contribution >= 0.6 is 0 Å². The minimum atomic E-state index is 0.207. The Balaban J connectivity index is 1.97. The highest BCUT2D eigenvalue weighted by Gasteiger charge is 2.45. The lowest BCUT2D eigenvalue weighted by Crippen LogP contribution is -2.49. The van der Waals surface area contributed by atoms with Gasteiger partial charge in [-0.2, -0.15) is 0 Å². The van der Waals surface area contributed by atoms with Crippen LogP contribution < -0.4 is 5.73 Å². The summed E-state index contributed by atoms with van der Waals surface area (Å²) in [5.41, 5.74) is 6.43. The lowest BCUT2D eigenvalue weighted by Gasteiger charge is -2.40. The molecule has 0 amide bonds. The van der Waals surface area contributed by atoms with Crippen LogP contribution in [0.4, 0.5) is 0 Å². The summed E-state index contributed by atoms with van der Waals surface area (Å²) in [7, 11) is 0. The second kappa shape index (κ2) is 1.97. The number of hydrogen-bond acceptors (Lipinski definition) is 1. The van der Waals surface area contributed by atoms with Crippen LogP contribution in [0.1, 0.15) is 39.0 Å². The quantitative estimate of drug-likeness (QED) is 0.621. The van der Waals surface area contributed by atoms with Gasteiger partial charge in [0, 0.05) is 5.54 Å². The lowest BCUT2D eigenvalue weighted by molar-refractivity contribution is 0.161. The van der Waals surface area contributed by atoms with Crippen molar-refractivity contribution in [2.45, 2.75) is 44.6 Å². The van der Waals surface area contributed by atoms with Crippen LogP contribution in [0, 0.1) is 11.8 Å². The Labute approximate surface area is 63.0 Å². The average Bonchev–Trinajstić information content (AvgIpc) is 2.32. The highest BCUT2D eigenvalue weighted by Crippen LogP contribution is 2.47. The molecular weight excluding hydrogens is 122 g/mol. The van der Waals surface area contributed by atoms with Gasteiger partial charge in [0.05, 0.1) is 0 Å². The molecule has 2 aliphatic carbocycles. The maximum Gasteiger partial charge on any atom is 0.0182 e. The maximum absolute atomic E-state index is 6.23. The molecule has 2 N–H and O–H groups in total. The first-order valence-electron chi connectivity index (χ1n) is 4.50. The van der Waals surface area contributed by atoms with Crippen LogP contribution in [0.25, 0.3) is 0 Å². The summed E-state index contributed by atoms with van der Waals surface area (Å²) in [6, 6.07) is 0. The van der Waals surface area contributed by atoms with Gasteiger partial charge in [-0.15, -0.1) is 0 Å². The van der Waals surface area contributed by atoms with E-state index in [0.29, 0.717) is 0 Å². The van der Waals surface area contributed by atoms with Gasteiger partial charge in [-0.3, -0.25) is 0 Å². The van der Waals surface area contributed by atoms with Gasteiger partial charge in [0.25, 0.3) is 0 Å². The zero-order chi connectivity index (χ0) is 7.19.